The molecule has 0 saturated carbocycles. The van der Waals surface area contributed by atoms with Crippen LogP contribution in [0.25, 0.3) is 0 Å². The van der Waals surface area contributed by atoms with Crippen molar-refractivity contribution in [2.45, 2.75) is 0 Å². The van der Waals surface area contributed by atoms with E-state index in [0.29, 0.717) is 11.1 Å². The van der Waals surface area contributed by atoms with Crippen molar-refractivity contribution in [1.29, 1.82) is 0 Å². The Morgan fingerprint density at radius 1 is 0.875 bits per heavy atom. The first-order valence-corrected chi connectivity index (χ1v) is 6.01. The van der Waals surface area contributed by atoms with Gasteiger partial charge < -0.3 is 10.2 Å². The number of aromatic carboxylic acids is 2. The molecule has 0 bridgehead atoms. The Kier molecular flexibility index (Phi) is 4.68. The third kappa shape index (κ3) is 3.84. The second kappa shape index (κ2) is 6.04. The molecule has 16 heavy (non-hydrogen) atoms. The zero-order valence-corrected chi connectivity index (χ0v) is 9.62. The lowest BCUT2D eigenvalue weighted by Gasteiger charge is -1.78. The van der Waals surface area contributed by atoms with Gasteiger partial charge in [0.25, 0.3) is 0 Å². The van der Waals surface area contributed by atoms with Crippen molar-refractivity contribution in [2.24, 2.45) is 0 Å². The second-order valence-corrected chi connectivity index (χ2v) is 4.19. The Balaban J connectivity index is 0.000000160. The van der Waals surface area contributed by atoms with Gasteiger partial charge in [-0.1, -0.05) is 0 Å². The standard InChI is InChI=1S/2C5H4O2S/c2*6-5(7)4-1-2-8-3-4/h2*1-3H,(H,6,7). The topological polar surface area (TPSA) is 74.6 Å². The largest absolute Gasteiger partial charge is 0.478 e. The van der Waals surface area contributed by atoms with Gasteiger partial charge in [0, 0.05) is 10.8 Å². The Labute approximate surface area is 99.4 Å². The normalized spacial score (nSPS) is 9.00. The van der Waals surface area contributed by atoms with E-state index in [2.05, 4.69) is 0 Å². The van der Waals surface area contributed by atoms with Crippen LogP contribution < -0.4 is 0 Å². The Hall–Kier alpha value is -1.66. The fourth-order valence-electron chi connectivity index (χ4n) is 0.772. The summed E-state index contributed by atoms with van der Waals surface area (Å²) in [5.41, 5.74) is 0.741. The van der Waals surface area contributed by atoms with Crippen molar-refractivity contribution in [3.63, 3.8) is 0 Å². The zero-order chi connectivity index (χ0) is 12.0. The molecule has 0 aliphatic heterocycles. The van der Waals surface area contributed by atoms with E-state index in [4.69, 9.17) is 10.2 Å². The molecular formula is C10H8O4S2. The highest BCUT2D eigenvalue weighted by Crippen LogP contribution is 2.04. The van der Waals surface area contributed by atoms with Crippen molar-refractivity contribution in [3.05, 3.63) is 44.8 Å². The predicted molar refractivity (Wildman–Crippen MR) is 62.6 cm³/mol. The number of carboxylic acids is 2. The first-order valence-electron chi connectivity index (χ1n) is 4.12. The van der Waals surface area contributed by atoms with Gasteiger partial charge in [0.05, 0.1) is 11.1 Å². The van der Waals surface area contributed by atoms with Gasteiger partial charge in [0.2, 0.25) is 0 Å². The number of carbonyl (C=O) groups is 2. The van der Waals surface area contributed by atoms with Gasteiger partial charge >= 0.3 is 11.9 Å². The molecule has 0 unspecified atom stereocenters. The molecule has 0 spiro atoms. The quantitative estimate of drug-likeness (QED) is 0.866. The van der Waals surface area contributed by atoms with Gasteiger partial charge in [-0.25, -0.2) is 9.59 Å². The van der Waals surface area contributed by atoms with Crippen LogP contribution in [0, 0.1) is 0 Å². The van der Waals surface area contributed by atoms with Crippen molar-refractivity contribution in [2.75, 3.05) is 0 Å². The van der Waals surface area contributed by atoms with Crippen LogP contribution in [0.3, 0.4) is 0 Å². The summed E-state index contributed by atoms with van der Waals surface area (Å²) < 4.78 is 0. The molecule has 6 heteroatoms. The summed E-state index contributed by atoms with van der Waals surface area (Å²) in [7, 11) is 0. The van der Waals surface area contributed by atoms with Crippen LogP contribution in [-0.4, -0.2) is 22.2 Å². The molecule has 2 N–H and O–H groups in total. The fraction of sp³-hybridized carbons (Fsp3) is 0. The van der Waals surface area contributed by atoms with Gasteiger partial charge in [-0.05, 0) is 22.9 Å². The maximum atomic E-state index is 10.1. The number of rotatable bonds is 2. The van der Waals surface area contributed by atoms with Crippen molar-refractivity contribution in [1.82, 2.24) is 0 Å². The molecule has 4 nitrogen and oxygen atoms in total. The van der Waals surface area contributed by atoms with E-state index < -0.39 is 11.9 Å². The van der Waals surface area contributed by atoms with Crippen LogP contribution in [0.5, 0.6) is 0 Å². The van der Waals surface area contributed by atoms with E-state index in [9.17, 15) is 9.59 Å². The highest BCUT2D eigenvalue weighted by Gasteiger charge is 1.99. The Morgan fingerprint density at radius 3 is 1.38 bits per heavy atom. The molecule has 2 heterocycles. The van der Waals surface area contributed by atoms with Crippen LogP contribution in [-0.2, 0) is 0 Å². The third-order valence-electron chi connectivity index (χ3n) is 1.54. The summed E-state index contributed by atoms with van der Waals surface area (Å²) in [5.74, 6) is -1.71. The third-order valence-corrected chi connectivity index (χ3v) is 2.90. The van der Waals surface area contributed by atoms with Crippen LogP contribution in [0.1, 0.15) is 20.7 Å². The van der Waals surface area contributed by atoms with E-state index in [0.717, 1.165) is 0 Å². The summed E-state index contributed by atoms with van der Waals surface area (Å²) in [6, 6.07) is 3.15. The molecule has 2 rings (SSSR count). The highest BCUT2D eigenvalue weighted by atomic mass is 32.1. The molecule has 84 valence electrons. The predicted octanol–water partition coefficient (Wildman–Crippen LogP) is 2.89. The maximum Gasteiger partial charge on any atom is 0.336 e. The van der Waals surface area contributed by atoms with E-state index in [1.54, 1.807) is 33.7 Å². The maximum absolute atomic E-state index is 10.1. The van der Waals surface area contributed by atoms with Crippen molar-refractivity contribution in [3.8, 4) is 0 Å². The van der Waals surface area contributed by atoms with E-state index in [-0.39, 0.29) is 0 Å². The molecule has 0 atom stereocenters. The lowest BCUT2D eigenvalue weighted by Crippen LogP contribution is -1.90. The summed E-state index contributed by atoms with van der Waals surface area (Å²) in [6.07, 6.45) is 0. The minimum absolute atomic E-state index is 0.370. The minimum atomic E-state index is -0.855. The smallest absolute Gasteiger partial charge is 0.336 e. The Bertz CT molecular complexity index is 401. The molecular weight excluding hydrogens is 248 g/mol. The first-order chi connectivity index (χ1) is 7.61. The second-order valence-electron chi connectivity index (χ2n) is 2.63. The molecule has 0 radical (unpaired) electrons. The summed E-state index contributed by atoms with van der Waals surface area (Å²) in [5, 5.41) is 23.2. The minimum Gasteiger partial charge on any atom is -0.478 e. The lowest BCUT2D eigenvalue weighted by molar-refractivity contribution is 0.0686. The molecule has 0 fully saturated rings. The van der Waals surface area contributed by atoms with Crippen LogP contribution >= 0.6 is 22.7 Å². The molecule has 0 saturated heterocycles. The van der Waals surface area contributed by atoms with Gasteiger partial charge in [0.1, 0.15) is 0 Å². The average molecular weight is 256 g/mol. The summed E-state index contributed by atoms with van der Waals surface area (Å²) >= 11 is 2.77. The highest BCUT2D eigenvalue weighted by molar-refractivity contribution is 7.08. The first kappa shape index (κ1) is 12.4. The molecule has 0 aromatic carbocycles. The van der Waals surface area contributed by atoms with Gasteiger partial charge in [-0.15, -0.1) is 0 Å². The van der Waals surface area contributed by atoms with E-state index >= 15 is 0 Å². The molecule has 2 aromatic heterocycles. The lowest BCUT2D eigenvalue weighted by atomic mass is 10.4. The zero-order valence-electron chi connectivity index (χ0n) is 7.99. The summed E-state index contributed by atoms with van der Waals surface area (Å²) in [4.78, 5) is 20.1. The average Bonchev–Trinajstić information content (AvgIpc) is 2.93. The number of carboxylic acid groups (broad SMARTS) is 2. The van der Waals surface area contributed by atoms with Crippen molar-refractivity contribution < 1.29 is 19.8 Å². The molecule has 0 amide bonds. The number of hydrogen-bond donors (Lipinski definition) is 2. The van der Waals surface area contributed by atoms with Crippen LogP contribution in [0.2, 0.25) is 0 Å². The molecule has 0 aliphatic rings. The van der Waals surface area contributed by atoms with Gasteiger partial charge in [-0.2, -0.15) is 22.7 Å². The van der Waals surface area contributed by atoms with Crippen LogP contribution in [0.15, 0.2) is 33.7 Å². The van der Waals surface area contributed by atoms with Gasteiger partial charge in [0.15, 0.2) is 0 Å². The molecule has 0 aliphatic carbocycles. The Morgan fingerprint density at radius 2 is 1.25 bits per heavy atom. The van der Waals surface area contributed by atoms with Crippen molar-refractivity contribution >= 4 is 34.6 Å². The SMILES string of the molecule is O=C(O)c1ccsc1.O=C(O)c1ccsc1. The fourth-order valence-corrected chi connectivity index (χ4v) is 2.03. The number of hydrogen-bond acceptors (Lipinski definition) is 4. The van der Waals surface area contributed by atoms with Crippen LogP contribution in [0.4, 0.5) is 0 Å². The van der Waals surface area contributed by atoms with Gasteiger partial charge in [-0.3, -0.25) is 0 Å². The summed E-state index contributed by atoms with van der Waals surface area (Å²) in [6.45, 7) is 0. The van der Waals surface area contributed by atoms with E-state index in [1.807, 2.05) is 0 Å². The van der Waals surface area contributed by atoms with E-state index in [1.165, 1.54) is 22.7 Å². The monoisotopic (exact) mass is 256 g/mol. The molecule has 2 aromatic rings. The number of thiophene rings is 2.